The van der Waals surface area contributed by atoms with Crippen LogP contribution in [-0.4, -0.2) is 12.6 Å². The SMILES string of the molecule is C=CCN1C(=O)NCc2ccccc21. The normalized spacial score (nSPS) is 14.6. The van der Waals surface area contributed by atoms with E-state index in [1.54, 1.807) is 11.0 Å². The number of hydrogen-bond donors (Lipinski definition) is 1. The van der Waals surface area contributed by atoms with Gasteiger partial charge in [-0.15, -0.1) is 6.58 Å². The predicted molar refractivity (Wildman–Crippen MR) is 56.2 cm³/mol. The fraction of sp³-hybridized carbons (Fsp3) is 0.182. The van der Waals surface area contributed by atoms with Crippen LogP contribution in [0.5, 0.6) is 0 Å². The number of urea groups is 1. The average molecular weight is 188 g/mol. The number of para-hydroxylation sites is 1. The topological polar surface area (TPSA) is 32.3 Å². The van der Waals surface area contributed by atoms with Crippen LogP contribution in [0.15, 0.2) is 36.9 Å². The van der Waals surface area contributed by atoms with E-state index in [-0.39, 0.29) is 6.03 Å². The van der Waals surface area contributed by atoms with E-state index in [2.05, 4.69) is 11.9 Å². The molecule has 1 aromatic rings. The van der Waals surface area contributed by atoms with Crippen molar-refractivity contribution in [2.75, 3.05) is 11.4 Å². The number of hydrogen-bond acceptors (Lipinski definition) is 1. The van der Waals surface area contributed by atoms with Gasteiger partial charge in [-0.25, -0.2) is 4.79 Å². The molecule has 1 N–H and O–H groups in total. The molecule has 1 aliphatic heterocycles. The van der Waals surface area contributed by atoms with Crippen LogP contribution in [0.1, 0.15) is 5.56 Å². The number of anilines is 1. The lowest BCUT2D eigenvalue weighted by Gasteiger charge is -2.28. The van der Waals surface area contributed by atoms with E-state index in [9.17, 15) is 4.79 Å². The summed E-state index contributed by atoms with van der Waals surface area (Å²) in [6, 6.07) is 7.84. The molecular weight excluding hydrogens is 176 g/mol. The first-order chi connectivity index (χ1) is 6.83. The molecule has 0 unspecified atom stereocenters. The lowest BCUT2D eigenvalue weighted by molar-refractivity contribution is 0.245. The highest BCUT2D eigenvalue weighted by Gasteiger charge is 2.21. The van der Waals surface area contributed by atoms with Crippen LogP contribution in [0.3, 0.4) is 0 Å². The molecule has 0 aliphatic carbocycles. The van der Waals surface area contributed by atoms with E-state index in [1.165, 1.54) is 0 Å². The quantitative estimate of drug-likeness (QED) is 0.706. The first-order valence-corrected chi connectivity index (χ1v) is 4.57. The highest BCUT2D eigenvalue weighted by Crippen LogP contribution is 2.23. The molecule has 2 amide bonds. The Morgan fingerprint density at radius 1 is 1.50 bits per heavy atom. The van der Waals surface area contributed by atoms with Gasteiger partial charge in [0.1, 0.15) is 0 Å². The summed E-state index contributed by atoms with van der Waals surface area (Å²) in [4.78, 5) is 13.2. The Morgan fingerprint density at radius 3 is 3.07 bits per heavy atom. The van der Waals surface area contributed by atoms with Gasteiger partial charge in [-0.3, -0.25) is 4.90 Å². The Hall–Kier alpha value is -1.77. The van der Waals surface area contributed by atoms with Crippen molar-refractivity contribution in [2.45, 2.75) is 6.54 Å². The van der Waals surface area contributed by atoms with Crippen molar-refractivity contribution in [1.29, 1.82) is 0 Å². The van der Waals surface area contributed by atoms with Crippen LogP contribution in [-0.2, 0) is 6.54 Å². The van der Waals surface area contributed by atoms with Gasteiger partial charge >= 0.3 is 6.03 Å². The third kappa shape index (κ3) is 1.37. The van der Waals surface area contributed by atoms with Crippen LogP contribution in [0.25, 0.3) is 0 Å². The van der Waals surface area contributed by atoms with E-state index in [0.717, 1.165) is 11.3 Å². The Bertz CT molecular complexity index is 373. The number of carbonyl (C=O) groups excluding carboxylic acids is 1. The van der Waals surface area contributed by atoms with Gasteiger partial charge < -0.3 is 5.32 Å². The second-order valence-electron chi connectivity index (χ2n) is 3.19. The van der Waals surface area contributed by atoms with Gasteiger partial charge in [0, 0.05) is 13.1 Å². The monoisotopic (exact) mass is 188 g/mol. The van der Waals surface area contributed by atoms with E-state index in [0.29, 0.717) is 13.1 Å². The molecule has 0 saturated heterocycles. The van der Waals surface area contributed by atoms with Gasteiger partial charge in [0.15, 0.2) is 0 Å². The van der Waals surface area contributed by atoms with Crippen molar-refractivity contribution in [3.8, 4) is 0 Å². The lowest BCUT2D eigenvalue weighted by Crippen LogP contribution is -2.44. The molecule has 1 aliphatic rings. The van der Waals surface area contributed by atoms with Crippen molar-refractivity contribution < 1.29 is 4.79 Å². The molecule has 2 rings (SSSR count). The summed E-state index contributed by atoms with van der Waals surface area (Å²) in [7, 11) is 0. The van der Waals surface area contributed by atoms with Gasteiger partial charge in [-0.1, -0.05) is 24.3 Å². The molecule has 72 valence electrons. The Kier molecular flexibility index (Phi) is 2.23. The molecule has 0 spiro atoms. The number of rotatable bonds is 2. The third-order valence-electron chi connectivity index (χ3n) is 2.27. The molecule has 0 radical (unpaired) electrons. The molecule has 0 atom stereocenters. The van der Waals surface area contributed by atoms with Crippen LogP contribution in [0, 0.1) is 0 Å². The van der Waals surface area contributed by atoms with Gasteiger partial charge in [0.2, 0.25) is 0 Å². The van der Waals surface area contributed by atoms with Gasteiger partial charge in [0.05, 0.1) is 5.69 Å². The summed E-state index contributed by atoms with van der Waals surface area (Å²) < 4.78 is 0. The predicted octanol–water partition coefficient (Wildman–Crippen LogP) is 1.90. The largest absolute Gasteiger partial charge is 0.334 e. The fourth-order valence-corrected chi connectivity index (χ4v) is 1.61. The first-order valence-electron chi connectivity index (χ1n) is 4.57. The summed E-state index contributed by atoms with van der Waals surface area (Å²) in [5.41, 5.74) is 2.13. The number of fused-ring (bicyclic) bond motifs is 1. The molecule has 3 heteroatoms. The molecule has 0 saturated carbocycles. The number of nitrogens with zero attached hydrogens (tertiary/aromatic N) is 1. The molecule has 14 heavy (non-hydrogen) atoms. The third-order valence-corrected chi connectivity index (χ3v) is 2.27. The summed E-state index contributed by atoms with van der Waals surface area (Å²) in [6.45, 7) is 4.80. The first kappa shape index (κ1) is 8.81. The van der Waals surface area contributed by atoms with Crippen LogP contribution in [0.4, 0.5) is 10.5 Å². The van der Waals surface area contributed by atoms with Crippen LogP contribution < -0.4 is 10.2 Å². The van der Waals surface area contributed by atoms with E-state index < -0.39 is 0 Å². The summed E-state index contributed by atoms with van der Waals surface area (Å²) in [6.07, 6.45) is 1.72. The van der Waals surface area contributed by atoms with Crippen molar-refractivity contribution in [2.24, 2.45) is 0 Å². The average Bonchev–Trinajstić information content (AvgIpc) is 2.23. The minimum absolute atomic E-state index is 0.0522. The van der Waals surface area contributed by atoms with Gasteiger partial charge in [0.25, 0.3) is 0 Å². The van der Waals surface area contributed by atoms with E-state index in [1.807, 2.05) is 24.3 Å². The number of amides is 2. The molecule has 1 aromatic carbocycles. The Balaban J connectivity index is 2.40. The highest BCUT2D eigenvalue weighted by molar-refractivity contribution is 5.94. The number of carbonyl (C=O) groups is 1. The number of nitrogens with one attached hydrogen (secondary N) is 1. The second-order valence-corrected chi connectivity index (χ2v) is 3.19. The van der Waals surface area contributed by atoms with Crippen molar-refractivity contribution >= 4 is 11.7 Å². The lowest BCUT2D eigenvalue weighted by atomic mass is 10.1. The van der Waals surface area contributed by atoms with Crippen molar-refractivity contribution in [1.82, 2.24) is 5.32 Å². The molecule has 0 aromatic heterocycles. The maximum Gasteiger partial charge on any atom is 0.322 e. The van der Waals surface area contributed by atoms with Crippen molar-refractivity contribution in [3.05, 3.63) is 42.5 Å². The van der Waals surface area contributed by atoms with Crippen LogP contribution >= 0.6 is 0 Å². The minimum atomic E-state index is -0.0522. The Labute approximate surface area is 83.0 Å². The smallest absolute Gasteiger partial charge is 0.322 e. The van der Waals surface area contributed by atoms with E-state index in [4.69, 9.17) is 0 Å². The molecule has 3 nitrogen and oxygen atoms in total. The molecule has 0 fully saturated rings. The highest BCUT2D eigenvalue weighted by atomic mass is 16.2. The van der Waals surface area contributed by atoms with E-state index >= 15 is 0 Å². The summed E-state index contributed by atoms with van der Waals surface area (Å²) in [5, 5.41) is 2.81. The maximum absolute atomic E-state index is 11.5. The van der Waals surface area contributed by atoms with Gasteiger partial charge in [-0.05, 0) is 11.6 Å². The standard InChI is InChI=1S/C11H12N2O/c1-2-7-13-10-6-4-3-5-9(10)8-12-11(13)14/h2-6H,1,7-8H2,(H,12,14). The Morgan fingerprint density at radius 2 is 2.29 bits per heavy atom. The zero-order chi connectivity index (χ0) is 9.97. The maximum atomic E-state index is 11.5. The molecule has 0 bridgehead atoms. The second kappa shape index (κ2) is 3.54. The summed E-state index contributed by atoms with van der Waals surface area (Å²) >= 11 is 0. The van der Waals surface area contributed by atoms with Gasteiger partial charge in [-0.2, -0.15) is 0 Å². The zero-order valence-corrected chi connectivity index (χ0v) is 7.86. The zero-order valence-electron chi connectivity index (χ0n) is 7.86. The molecular formula is C11H12N2O. The van der Waals surface area contributed by atoms with Crippen molar-refractivity contribution in [3.63, 3.8) is 0 Å². The number of benzene rings is 1. The molecule has 1 heterocycles. The summed E-state index contributed by atoms with van der Waals surface area (Å²) in [5.74, 6) is 0. The fourth-order valence-electron chi connectivity index (χ4n) is 1.61. The van der Waals surface area contributed by atoms with Crippen LogP contribution in [0.2, 0.25) is 0 Å². The minimum Gasteiger partial charge on any atom is -0.334 e.